The van der Waals surface area contributed by atoms with Gasteiger partial charge in [0.1, 0.15) is 17.3 Å². The standard InChI is InChI=1S/C16H17BrFNO4S/c1-19(9-10-23-14-6-4-3-5-13(14)18)24(20,21)16-11-12(17)7-8-15(16)22-2/h3-8,11H,9-10H2,1-2H3. The van der Waals surface area contributed by atoms with Crippen molar-refractivity contribution >= 4 is 26.0 Å². The summed E-state index contributed by atoms with van der Waals surface area (Å²) in [5, 5.41) is 0. The van der Waals surface area contributed by atoms with Crippen LogP contribution in [0.4, 0.5) is 4.39 Å². The highest BCUT2D eigenvalue weighted by atomic mass is 79.9. The Bertz CT molecular complexity index is 813. The number of ether oxygens (including phenoxy) is 2. The summed E-state index contributed by atoms with van der Waals surface area (Å²) < 4.78 is 51.0. The monoisotopic (exact) mass is 417 g/mol. The predicted octanol–water partition coefficient (Wildman–Crippen LogP) is 3.30. The van der Waals surface area contributed by atoms with Gasteiger partial charge in [0.15, 0.2) is 11.6 Å². The predicted molar refractivity (Wildman–Crippen MR) is 92.4 cm³/mol. The molecule has 0 N–H and O–H groups in total. The summed E-state index contributed by atoms with van der Waals surface area (Å²) in [6, 6.07) is 10.7. The van der Waals surface area contributed by atoms with Gasteiger partial charge in [-0.15, -0.1) is 0 Å². The van der Waals surface area contributed by atoms with E-state index in [4.69, 9.17) is 9.47 Å². The van der Waals surface area contributed by atoms with Gasteiger partial charge in [-0.3, -0.25) is 0 Å². The third-order valence-electron chi connectivity index (χ3n) is 3.31. The van der Waals surface area contributed by atoms with E-state index >= 15 is 0 Å². The highest BCUT2D eigenvalue weighted by Crippen LogP contribution is 2.29. The maximum absolute atomic E-state index is 13.5. The Morgan fingerprint density at radius 3 is 2.54 bits per heavy atom. The van der Waals surface area contributed by atoms with E-state index in [2.05, 4.69) is 15.9 Å². The lowest BCUT2D eigenvalue weighted by Crippen LogP contribution is -2.31. The molecule has 2 aromatic rings. The number of hydrogen-bond acceptors (Lipinski definition) is 4. The van der Waals surface area contributed by atoms with Crippen LogP contribution in [0.1, 0.15) is 0 Å². The molecule has 0 spiro atoms. The molecular weight excluding hydrogens is 401 g/mol. The summed E-state index contributed by atoms with van der Waals surface area (Å²) in [7, 11) is -0.927. The lowest BCUT2D eigenvalue weighted by molar-refractivity contribution is 0.275. The number of likely N-dealkylation sites (N-methyl/N-ethyl adjacent to an activating group) is 1. The maximum atomic E-state index is 13.5. The fraction of sp³-hybridized carbons (Fsp3) is 0.250. The van der Waals surface area contributed by atoms with E-state index in [0.29, 0.717) is 4.47 Å². The van der Waals surface area contributed by atoms with Crippen LogP contribution in [0.15, 0.2) is 51.8 Å². The molecule has 2 rings (SSSR count). The van der Waals surface area contributed by atoms with Crippen LogP contribution in [0, 0.1) is 5.82 Å². The average molecular weight is 418 g/mol. The number of halogens is 2. The highest BCUT2D eigenvalue weighted by molar-refractivity contribution is 9.10. The summed E-state index contributed by atoms with van der Waals surface area (Å²) in [4.78, 5) is 0.0489. The molecule has 2 aromatic carbocycles. The zero-order chi connectivity index (χ0) is 17.7. The quantitative estimate of drug-likeness (QED) is 0.693. The van der Waals surface area contributed by atoms with E-state index < -0.39 is 15.8 Å². The molecule has 0 atom stereocenters. The van der Waals surface area contributed by atoms with Crippen LogP contribution in [0.25, 0.3) is 0 Å². The van der Waals surface area contributed by atoms with Crippen LogP contribution >= 0.6 is 15.9 Å². The van der Waals surface area contributed by atoms with E-state index in [1.54, 1.807) is 24.3 Å². The normalized spacial score (nSPS) is 11.5. The molecule has 0 heterocycles. The van der Waals surface area contributed by atoms with Gasteiger partial charge in [0.05, 0.1) is 7.11 Å². The van der Waals surface area contributed by atoms with Crippen molar-refractivity contribution in [1.82, 2.24) is 4.31 Å². The molecule has 0 bridgehead atoms. The molecule has 5 nitrogen and oxygen atoms in total. The summed E-state index contributed by atoms with van der Waals surface area (Å²) in [6.07, 6.45) is 0. The number of methoxy groups -OCH3 is 1. The molecule has 0 fully saturated rings. The number of para-hydroxylation sites is 1. The molecular formula is C16H17BrFNO4S. The van der Waals surface area contributed by atoms with Crippen molar-refractivity contribution in [3.8, 4) is 11.5 Å². The van der Waals surface area contributed by atoms with E-state index in [-0.39, 0.29) is 29.5 Å². The first-order chi connectivity index (χ1) is 11.4. The summed E-state index contributed by atoms with van der Waals surface area (Å²) in [5.41, 5.74) is 0. The van der Waals surface area contributed by atoms with Crippen LogP contribution in [-0.2, 0) is 10.0 Å². The first-order valence-electron chi connectivity index (χ1n) is 7.03. The molecule has 0 saturated heterocycles. The van der Waals surface area contributed by atoms with Crippen LogP contribution < -0.4 is 9.47 Å². The first-order valence-corrected chi connectivity index (χ1v) is 9.27. The third-order valence-corrected chi connectivity index (χ3v) is 5.69. The minimum Gasteiger partial charge on any atom is -0.495 e. The van der Waals surface area contributed by atoms with Gasteiger partial charge in [-0.25, -0.2) is 12.8 Å². The molecule has 0 unspecified atom stereocenters. The summed E-state index contributed by atoms with van der Waals surface area (Å²) in [6.45, 7) is 0.0827. The Labute approximate surface area is 149 Å². The smallest absolute Gasteiger partial charge is 0.246 e. The van der Waals surface area contributed by atoms with Gasteiger partial charge in [-0.1, -0.05) is 28.1 Å². The van der Waals surface area contributed by atoms with Crippen LogP contribution in [0.5, 0.6) is 11.5 Å². The van der Waals surface area contributed by atoms with Gasteiger partial charge in [-0.05, 0) is 30.3 Å². The van der Waals surface area contributed by atoms with Gasteiger partial charge >= 0.3 is 0 Å². The van der Waals surface area contributed by atoms with E-state index in [9.17, 15) is 12.8 Å². The van der Waals surface area contributed by atoms with Crippen LogP contribution in [0.3, 0.4) is 0 Å². The number of nitrogens with zero attached hydrogens (tertiary/aromatic N) is 1. The SMILES string of the molecule is COc1ccc(Br)cc1S(=O)(=O)N(C)CCOc1ccccc1F. The van der Waals surface area contributed by atoms with Gasteiger partial charge in [0.2, 0.25) is 10.0 Å². The Kier molecular flexibility index (Phi) is 6.20. The minimum atomic E-state index is -3.76. The fourth-order valence-electron chi connectivity index (χ4n) is 1.99. The van der Waals surface area contributed by atoms with Crippen molar-refractivity contribution in [2.45, 2.75) is 4.90 Å². The van der Waals surface area contributed by atoms with Crippen molar-refractivity contribution in [3.05, 3.63) is 52.8 Å². The number of sulfonamides is 1. The first kappa shape index (κ1) is 18.7. The average Bonchev–Trinajstić information content (AvgIpc) is 2.56. The molecule has 0 radical (unpaired) electrons. The zero-order valence-electron chi connectivity index (χ0n) is 13.2. The molecule has 24 heavy (non-hydrogen) atoms. The van der Waals surface area contributed by atoms with Crippen molar-refractivity contribution in [2.24, 2.45) is 0 Å². The molecule has 0 aliphatic carbocycles. The lowest BCUT2D eigenvalue weighted by atomic mass is 10.3. The van der Waals surface area contributed by atoms with E-state index in [1.807, 2.05) is 0 Å². The molecule has 0 aromatic heterocycles. The summed E-state index contributed by atoms with van der Waals surface area (Å²) in [5.74, 6) is -0.153. The number of hydrogen-bond donors (Lipinski definition) is 0. The second kappa shape index (κ2) is 7.96. The van der Waals surface area contributed by atoms with Gasteiger partial charge in [-0.2, -0.15) is 4.31 Å². The van der Waals surface area contributed by atoms with Crippen LogP contribution in [-0.4, -0.2) is 40.0 Å². The Hall–Kier alpha value is -1.64. The van der Waals surface area contributed by atoms with Gasteiger partial charge < -0.3 is 9.47 Å². The van der Waals surface area contributed by atoms with E-state index in [1.165, 1.54) is 32.4 Å². The van der Waals surface area contributed by atoms with Crippen molar-refractivity contribution in [3.63, 3.8) is 0 Å². The van der Waals surface area contributed by atoms with Gasteiger partial charge in [0.25, 0.3) is 0 Å². The molecule has 0 aliphatic rings. The topological polar surface area (TPSA) is 55.8 Å². The molecule has 0 aliphatic heterocycles. The Morgan fingerprint density at radius 2 is 1.88 bits per heavy atom. The van der Waals surface area contributed by atoms with Crippen molar-refractivity contribution in [1.29, 1.82) is 0 Å². The summed E-state index contributed by atoms with van der Waals surface area (Å²) >= 11 is 3.25. The molecule has 0 saturated carbocycles. The van der Waals surface area contributed by atoms with E-state index in [0.717, 1.165) is 4.31 Å². The minimum absolute atomic E-state index is 0.0208. The number of benzene rings is 2. The molecule has 8 heteroatoms. The second-order valence-corrected chi connectivity index (χ2v) is 7.83. The van der Waals surface area contributed by atoms with Crippen molar-refractivity contribution < 1.29 is 22.3 Å². The second-order valence-electron chi connectivity index (χ2n) is 4.90. The zero-order valence-corrected chi connectivity index (χ0v) is 15.6. The fourth-order valence-corrected chi connectivity index (χ4v) is 3.83. The molecule has 130 valence electrons. The Morgan fingerprint density at radius 1 is 1.17 bits per heavy atom. The van der Waals surface area contributed by atoms with Crippen molar-refractivity contribution in [2.75, 3.05) is 27.3 Å². The highest BCUT2D eigenvalue weighted by Gasteiger charge is 2.25. The largest absolute Gasteiger partial charge is 0.495 e. The van der Waals surface area contributed by atoms with Crippen LogP contribution in [0.2, 0.25) is 0 Å². The maximum Gasteiger partial charge on any atom is 0.246 e. The Balaban J connectivity index is 2.10. The van der Waals surface area contributed by atoms with Gasteiger partial charge in [0, 0.05) is 18.1 Å². The molecule has 0 amide bonds. The third kappa shape index (κ3) is 4.25. The number of rotatable bonds is 7. The lowest BCUT2D eigenvalue weighted by Gasteiger charge is -2.19.